The predicted molar refractivity (Wildman–Crippen MR) is 46.3 cm³/mol. The Balaban J connectivity index is 2.00. The molecule has 0 radical (unpaired) electrons. The molecule has 3 fully saturated rings. The summed E-state index contributed by atoms with van der Waals surface area (Å²) in [5.74, 6) is 3.49. The van der Waals surface area contributed by atoms with Crippen LogP contribution in [0.3, 0.4) is 0 Å². The smallest absolute Gasteiger partial charge is 0.0292 e. The summed E-state index contributed by atoms with van der Waals surface area (Å²) in [5.41, 5.74) is 0.811. The average molecular weight is 150 g/mol. The van der Waals surface area contributed by atoms with Crippen molar-refractivity contribution >= 4 is 0 Å². The van der Waals surface area contributed by atoms with Crippen molar-refractivity contribution in [1.82, 2.24) is 0 Å². The standard InChI is InChI=1S/C11H18/c1-11-6-4-8-2-3-9(5-7-11)10(8)11/h8-10H,2-7H2,1H3. The number of hydrogen-bond acceptors (Lipinski definition) is 0. The van der Waals surface area contributed by atoms with E-state index in [1.807, 2.05) is 0 Å². The van der Waals surface area contributed by atoms with Crippen LogP contribution < -0.4 is 0 Å². The first-order valence-corrected chi connectivity index (χ1v) is 5.30. The Morgan fingerprint density at radius 1 is 0.909 bits per heavy atom. The minimum absolute atomic E-state index is 0.811. The van der Waals surface area contributed by atoms with E-state index in [0.717, 1.165) is 17.3 Å². The van der Waals surface area contributed by atoms with E-state index in [-0.39, 0.29) is 0 Å². The van der Waals surface area contributed by atoms with Gasteiger partial charge in [0, 0.05) is 0 Å². The molecule has 3 saturated carbocycles. The molecular weight excluding hydrogens is 132 g/mol. The molecule has 3 aliphatic rings. The van der Waals surface area contributed by atoms with Gasteiger partial charge < -0.3 is 0 Å². The Kier molecular flexibility index (Phi) is 1.09. The molecule has 0 aliphatic heterocycles. The molecule has 3 rings (SSSR count). The highest BCUT2D eigenvalue weighted by atomic mass is 14.6. The summed E-state index contributed by atoms with van der Waals surface area (Å²) in [6.45, 7) is 2.56. The van der Waals surface area contributed by atoms with Gasteiger partial charge in [-0.25, -0.2) is 0 Å². The van der Waals surface area contributed by atoms with Crippen LogP contribution in [0.15, 0.2) is 0 Å². The third-order valence-corrected chi connectivity index (χ3v) is 4.90. The van der Waals surface area contributed by atoms with Gasteiger partial charge in [-0.1, -0.05) is 6.92 Å². The van der Waals surface area contributed by atoms with Gasteiger partial charge >= 0.3 is 0 Å². The van der Waals surface area contributed by atoms with Gasteiger partial charge in [0.15, 0.2) is 0 Å². The molecule has 0 saturated heterocycles. The third kappa shape index (κ3) is 0.666. The lowest BCUT2D eigenvalue weighted by molar-refractivity contribution is 0.235. The molecule has 2 atom stereocenters. The van der Waals surface area contributed by atoms with Gasteiger partial charge in [-0.2, -0.15) is 0 Å². The molecule has 62 valence electrons. The van der Waals surface area contributed by atoms with E-state index in [0.29, 0.717) is 0 Å². The van der Waals surface area contributed by atoms with Crippen LogP contribution in [0, 0.1) is 23.2 Å². The average Bonchev–Trinajstić information content (AvgIpc) is 2.54. The van der Waals surface area contributed by atoms with Crippen LogP contribution in [0.1, 0.15) is 45.4 Å². The fraction of sp³-hybridized carbons (Fsp3) is 1.00. The predicted octanol–water partition coefficient (Wildman–Crippen LogP) is 3.22. The molecule has 3 aliphatic carbocycles. The minimum atomic E-state index is 0.811. The summed E-state index contributed by atoms with van der Waals surface area (Å²) in [6, 6.07) is 0. The van der Waals surface area contributed by atoms with Crippen molar-refractivity contribution in [2.75, 3.05) is 0 Å². The molecule has 0 nitrogen and oxygen atoms in total. The van der Waals surface area contributed by atoms with Crippen LogP contribution in [-0.2, 0) is 0 Å². The molecule has 0 bridgehead atoms. The van der Waals surface area contributed by atoms with E-state index in [1.165, 1.54) is 5.92 Å². The second-order valence-corrected chi connectivity index (χ2v) is 5.35. The lowest BCUT2D eigenvalue weighted by Gasteiger charge is -2.25. The fourth-order valence-electron chi connectivity index (χ4n) is 4.45. The Hall–Kier alpha value is 0. The minimum Gasteiger partial charge on any atom is -0.0594 e. The molecule has 0 aromatic carbocycles. The van der Waals surface area contributed by atoms with Crippen molar-refractivity contribution in [3.8, 4) is 0 Å². The van der Waals surface area contributed by atoms with Crippen LogP contribution in [0.5, 0.6) is 0 Å². The highest BCUT2D eigenvalue weighted by molar-refractivity contribution is 5.05. The zero-order valence-electron chi connectivity index (χ0n) is 7.47. The lowest BCUT2D eigenvalue weighted by Crippen LogP contribution is -2.18. The van der Waals surface area contributed by atoms with E-state index in [1.54, 1.807) is 38.5 Å². The SMILES string of the molecule is CC12CCC3CCC(CC1)C32. The van der Waals surface area contributed by atoms with E-state index in [4.69, 9.17) is 0 Å². The first-order valence-electron chi connectivity index (χ1n) is 5.30. The lowest BCUT2D eigenvalue weighted by atomic mass is 9.80. The topological polar surface area (TPSA) is 0 Å². The summed E-state index contributed by atoms with van der Waals surface area (Å²) < 4.78 is 0. The number of rotatable bonds is 0. The van der Waals surface area contributed by atoms with E-state index < -0.39 is 0 Å². The second-order valence-electron chi connectivity index (χ2n) is 5.35. The molecule has 0 heteroatoms. The first-order chi connectivity index (χ1) is 5.30. The van der Waals surface area contributed by atoms with Gasteiger partial charge in [-0.15, -0.1) is 0 Å². The zero-order chi connectivity index (χ0) is 7.47. The second kappa shape index (κ2) is 1.84. The van der Waals surface area contributed by atoms with Crippen molar-refractivity contribution in [1.29, 1.82) is 0 Å². The van der Waals surface area contributed by atoms with Gasteiger partial charge in [-0.05, 0) is 61.7 Å². The largest absolute Gasteiger partial charge is 0.0594 e. The molecule has 11 heavy (non-hydrogen) atoms. The Bertz CT molecular complexity index is 166. The quantitative estimate of drug-likeness (QED) is 0.497. The van der Waals surface area contributed by atoms with Gasteiger partial charge in [-0.3, -0.25) is 0 Å². The van der Waals surface area contributed by atoms with Crippen LogP contribution >= 0.6 is 0 Å². The fourth-order valence-corrected chi connectivity index (χ4v) is 4.45. The Labute approximate surface area is 69.4 Å². The van der Waals surface area contributed by atoms with Gasteiger partial charge in [0.25, 0.3) is 0 Å². The molecular formula is C11H18. The monoisotopic (exact) mass is 150 g/mol. The van der Waals surface area contributed by atoms with Crippen LogP contribution in [-0.4, -0.2) is 0 Å². The van der Waals surface area contributed by atoms with E-state index in [9.17, 15) is 0 Å². The molecule has 0 aromatic heterocycles. The maximum atomic E-state index is 2.56. The van der Waals surface area contributed by atoms with Crippen molar-refractivity contribution in [3.05, 3.63) is 0 Å². The summed E-state index contributed by atoms with van der Waals surface area (Å²) in [4.78, 5) is 0. The molecule has 0 heterocycles. The first kappa shape index (κ1) is 6.51. The van der Waals surface area contributed by atoms with E-state index >= 15 is 0 Å². The highest BCUT2D eigenvalue weighted by Gasteiger charge is 2.55. The molecule has 0 spiro atoms. The highest BCUT2D eigenvalue weighted by Crippen LogP contribution is 2.64. The third-order valence-electron chi connectivity index (χ3n) is 4.90. The zero-order valence-corrected chi connectivity index (χ0v) is 7.47. The van der Waals surface area contributed by atoms with Gasteiger partial charge in [0.1, 0.15) is 0 Å². The Morgan fingerprint density at radius 3 is 2.00 bits per heavy atom. The van der Waals surface area contributed by atoms with E-state index in [2.05, 4.69) is 6.92 Å². The summed E-state index contributed by atoms with van der Waals surface area (Å²) in [6.07, 6.45) is 9.39. The van der Waals surface area contributed by atoms with Crippen molar-refractivity contribution in [2.24, 2.45) is 23.2 Å². The molecule has 0 N–H and O–H groups in total. The van der Waals surface area contributed by atoms with Crippen molar-refractivity contribution in [3.63, 3.8) is 0 Å². The summed E-state index contributed by atoms with van der Waals surface area (Å²) >= 11 is 0. The number of hydrogen-bond donors (Lipinski definition) is 0. The molecule has 0 amide bonds. The molecule has 0 aromatic rings. The maximum absolute atomic E-state index is 2.56. The van der Waals surface area contributed by atoms with Crippen molar-refractivity contribution < 1.29 is 0 Å². The summed E-state index contributed by atoms with van der Waals surface area (Å²) in [5, 5.41) is 0. The van der Waals surface area contributed by atoms with Crippen molar-refractivity contribution in [2.45, 2.75) is 45.4 Å². The van der Waals surface area contributed by atoms with Crippen LogP contribution in [0.2, 0.25) is 0 Å². The van der Waals surface area contributed by atoms with Crippen LogP contribution in [0.4, 0.5) is 0 Å². The maximum Gasteiger partial charge on any atom is -0.0292 e. The van der Waals surface area contributed by atoms with Gasteiger partial charge in [0.2, 0.25) is 0 Å². The summed E-state index contributed by atoms with van der Waals surface area (Å²) in [7, 11) is 0. The normalized spacial score (nSPS) is 60.3. The molecule has 2 unspecified atom stereocenters. The Morgan fingerprint density at radius 2 is 1.45 bits per heavy atom. The van der Waals surface area contributed by atoms with Gasteiger partial charge in [0.05, 0.1) is 0 Å². The van der Waals surface area contributed by atoms with Crippen LogP contribution in [0.25, 0.3) is 0 Å².